The lowest BCUT2D eigenvalue weighted by molar-refractivity contribution is -0.146. The molecule has 0 bridgehead atoms. The van der Waals surface area contributed by atoms with Crippen molar-refractivity contribution in [2.45, 2.75) is 26.2 Å². The molecule has 152 valence electrons. The molecular weight excluding hydrogens is 350 g/mol. The first-order valence-corrected chi connectivity index (χ1v) is 9.02. The average molecular weight is 381 g/mol. The molecular formula is C20H31NO6. The van der Waals surface area contributed by atoms with E-state index in [1.807, 2.05) is 18.2 Å². The fourth-order valence-corrected chi connectivity index (χ4v) is 2.77. The molecule has 0 aliphatic heterocycles. The molecule has 0 heterocycles. The number of hydrogen-bond acceptors (Lipinski definition) is 6. The van der Waals surface area contributed by atoms with Crippen molar-refractivity contribution in [3.63, 3.8) is 0 Å². The highest BCUT2D eigenvalue weighted by molar-refractivity contribution is 5.78. The van der Waals surface area contributed by atoms with Crippen molar-refractivity contribution in [1.29, 1.82) is 0 Å². The Labute approximate surface area is 161 Å². The zero-order chi connectivity index (χ0) is 20.2. The van der Waals surface area contributed by atoms with E-state index in [2.05, 4.69) is 0 Å². The molecule has 0 N–H and O–H groups in total. The summed E-state index contributed by atoms with van der Waals surface area (Å²) in [6, 6.07) is 5.62. The van der Waals surface area contributed by atoms with Gasteiger partial charge in [0, 0.05) is 33.2 Å². The zero-order valence-electron chi connectivity index (χ0n) is 16.9. The Morgan fingerprint density at radius 2 is 1.78 bits per heavy atom. The Bertz CT molecular complexity index is 604. The van der Waals surface area contributed by atoms with E-state index < -0.39 is 0 Å². The van der Waals surface area contributed by atoms with Crippen LogP contribution in [-0.2, 0) is 25.5 Å². The lowest BCUT2D eigenvalue weighted by Gasteiger charge is -2.25. The minimum Gasteiger partial charge on any atom is -0.493 e. The van der Waals surface area contributed by atoms with Crippen molar-refractivity contribution in [3.8, 4) is 11.5 Å². The third-order valence-corrected chi connectivity index (χ3v) is 4.30. The molecule has 0 aromatic heterocycles. The highest BCUT2D eigenvalue weighted by Gasteiger charge is 2.21. The van der Waals surface area contributed by atoms with E-state index in [1.54, 1.807) is 33.2 Å². The molecule has 1 aromatic rings. The maximum absolute atomic E-state index is 12.7. The summed E-state index contributed by atoms with van der Waals surface area (Å²) in [5.74, 6) is 0.595. The SMILES string of the molecule is COCCCN(CC(C)C(=O)OC)C(=O)CCc1ccc(OC)c(OC)c1. The van der Waals surface area contributed by atoms with Crippen LogP contribution in [0.5, 0.6) is 11.5 Å². The summed E-state index contributed by atoms with van der Waals surface area (Å²) >= 11 is 0. The highest BCUT2D eigenvalue weighted by atomic mass is 16.5. The lowest BCUT2D eigenvalue weighted by atomic mass is 10.1. The topological polar surface area (TPSA) is 74.3 Å². The molecule has 1 unspecified atom stereocenters. The van der Waals surface area contributed by atoms with Gasteiger partial charge in [0.25, 0.3) is 0 Å². The van der Waals surface area contributed by atoms with Gasteiger partial charge in [-0.1, -0.05) is 13.0 Å². The second-order valence-electron chi connectivity index (χ2n) is 6.30. The van der Waals surface area contributed by atoms with E-state index in [9.17, 15) is 9.59 Å². The summed E-state index contributed by atoms with van der Waals surface area (Å²) in [6.07, 6.45) is 1.63. The molecule has 0 saturated carbocycles. The Morgan fingerprint density at radius 3 is 2.37 bits per heavy atom. The number of amides is 1. The van der Waals surface area contributed by atoms with Gasteiger partial charge in [-0.2, -0.15) is 0 Å². The van der Waals surface area contributed by atoms with Gasteiger partial charge >= 0.3 is 5.97 Å². The van der Waals surface area contributed by atoms with E-state index in [1.165, 1.54) is 7.11 Å². The van der Waals surface area contributed by atoms with Crippen LogP contribution in [0.4, 0.5) is 0 Å². The smallest absolute Gasteiger partial charge is 0.310 e. The van der Waals surface area contributed by atoms with Crippen LogP contribution in [0, 0.1) is 5.92 Å². The molecule has 0 radical (unpaired) electrons. The Morgan fingerprint density at radius 1 is 1.07 bits per heavy atom. The van der Waals surface area contributed by atoms with E-state index in [4.69, 9.17) is 18.9 Å². The summed E-state index contributed by atoms with van der Waals surface area (Å²) in [4.78, 5) is 26.1. The van der Waals surface area contributed by atoms with Crippen LogP contribution in [0.3, 0.4) is 0 Å². The Balaban J connectivity index is 2.72. The standard InChI is InChI=1S/C20H31NO6/c1-15(20(23)27-5)14-21(11-6-12-24-2)19(22)10-8-16-7-9-17(25-3)18(13-16)26-4/h7,9,13,15H,6,8,10-12,14H2,1-5H3. The van der Waals surface area contributed by atoms with Gasteiger partial charge in [0.15, 0.2) is 11.5 Å². The van der Waals surface area contributed by atoms with E-state index in [0.717, 1.165) is 5.56 Å². The number of esters is 1. The molecule has 0 aliphatic carbocycles. The molecule has 1 amide bonds. The molecule has 1 aromatic carbocycles. The fraction of sp³-hybridized carbons (Fsp3) is 0.600. The lowest BCUT2D eigenvalue weighted by Crippen LogP contribution is -2.38. The predicted octanol–water partition coefficient (Wildman–Crippen LogP) is 2.31. The molecule has 0 fully saturated rings. The summed E-state index contributed by atoms with van der Waals surface area (Å²) < 4.78 is 20.4. The molecule has 1 rings (SSSR count). The van der Waals surface area contributed by atoms with Crippen LogP contribution in [-0.4, -0.2) is 64.9 Å². The first-order chi connectivity index (χ1) is 13.0. The minimum absolute atomic E-state index is 0.00311. The van der Waals surface area contributed by atoms with Crippen molar-refractivity contribution < 1.29 is 28.5 Å². The van der Waals surface area contributed by atoms with Crippen LogP contribution in [0.25, 0.3) is 0 Å². The van der Waals surface area contributed by atoms with Crippen molar-refractivity contribution in [2.75, 3.05) is 48.1 Å². The minimum atomic E-state index is -0.373. The van der Waals surface area contributed by atoms with Crippen molar-refractivity contribution in [2.24, 2.45) is 5.92 Å². The van der Waals surface area contributed by atoms with Gasteiger partial charge in [0.1, 0.15) is 0 Å². The first kappa shape index (κ1) is 22.8. The van der Waals surface area contributed by atoms with Crippen LogP contribution < -0.4 is 9.47 Å². The number of benzene rings is 1. The van der Waals surface area contributed by atoms with Crippen LogP contribution in [0.2, 0.25) is 0 Å². The number of carbonyl (C=O) groups is 2. The van der Waals surface area contributed by atoms with Gasteiger partial charge < -0.3 is 23.8 Å². The molecule has 7 nitrogen and oxygen atoms in total. The maximum Gasteiger partial charge on any atom is 0.310 e. The Kier molecular flexibility index (Phi) is 10.3. The monoisotopic (exact) mass is 381 g/mol. The van der Waals surface area contributed by atoms with E-state index in [-0.39, 0.29) is 17.8 Å². The second kappa shape index (κ2) is 12.2. The molecule has 27 heavy (non-hydrogen) atoms. The molecule has 0 saturated heterocycles. The van der Waals surface area contributed by atoms with Gasteiger partial charge in [-0.15, -0.1) is 0 Å². The number of nitrogens with zero attached hydrogens (tertiary/aromatic N) is 1. The summed E-state index contributed by atoms with van der Waals surface area (Å²) in [6.45, 7) is 3.20. The summed E-state index contributed by atoms with van der Waals surface area (Å²) in [5.41, 5.74) is 0.985. The zero-order valence-corrected chi connectivity index (χ0v) is 16.9. The van der Waals surface area contributed by atoms with Crippen LogP contribution >= 0.6 is 0 Å². The molecule has 0 spiro atoms. The highest BCUT2D eigenvalue weighted by Crippen LogP contribution is 2.28. The largest absolute Gasteiger partial charge is 0.493 e. The van der Waals surface area contributed by atoms with Crippen LogP contribution in [0.1, 0.15) is 25.3 Å². The molecule has 0 aliphatic rings. The van der Waals surface area contributed by atoms with Crippen molar-refractivity contribution in [3.05, 3.63) is 23.8 Å². The Hall–Kier alpha value is -2.28. The predicted molar refractivity (Wildman–Crippen MR) is 102 cm³/mol. The van der Waals surface area contributed by atoms with Crippen LogP contribution in [0.15, 0.2) is 18.2 Å². The number of carbonyl (C=O) groups excluding carboxylic acids is 2. The van der Waals surface area contributed by atoms with Crippen molar-refractivity contribution in [1.82, 2.24) is 4.90 Å². The van der Waals surface area contributed by atoms with E-state index in [0.29, 0.717) is 50.5 Å². The third kappa shape index (κ3) is 7.46. The van der Waals surface area contributed by atoms with Gasteiger partial charge in [-0.3, -0.25) is 9.59 Å². The number of aryl methyl sites for hydroxylation is 1. The first-order valence-electron chi connectivity index (χ1n) is 9.02. The van der Waals surface area contributed by atoms with Gasteiger partial charge in [0.05, 0.1) is 27.2 Å². The summed E-state index contributed by atoms with van der Waals surface area (Å²) in [7, 11) is 6.15. The number of ether oxygens (including phenoxy) is 4. The maximum atomic E-state index is 12.7. The second-order valence-corrected chi connectivity index (χ2v) is 6.30. The number of methoxy groups -OCH3 is 4. The number of rotatable bonds is 12. The summed E-state index contributed by atoms with van der Waals surface area (Å²) in [5, 5.41) is 0. The van der Waals surface area contributed by atoms with Gasteiger partial charge in [-0.05, 0) is 30.5 Å². The van der Waals surface area contributed by atoms with E-state index >= 15 is 0 Å². The molecule has 7 heteroatoms. The molecule has 1 atom stereocenters. The van der Waals surface area contributed by atoms with Gasteiger partial charge in [-0.25, -0.2) is 0 Å². The van der Waals surface area contributed by atoms with Gasteiger partial charge in [0.2, 0.25) is 5.91 Å². The third-order valence-electron chi connectivity index (χ3n) is 4.30. The normalized spacial score (nSPS) is 11.6. The van der Waals surface area contributed by atoms with Crippen molar-refractivity contribution >= 4 is 11.9 Å². The quantitative estimate of drug-likeness (QED) is 0.409. The number of hydrogen-bond donors (Lipinski definition) is 0. The average Bonchev–Trinajstić information content (AvgIpc) is 2.70. The fourth-order valence-electron chi connectivity index (χ4n) is 2.77.